The van der Waals surface area contributed by atoms with Crippen LogP contribution in [0.2, 0.25) is 5.02 Å². The quantitative estimate of drug-likeness (QED) is 0.787. The van der Waals surface area contributed by atoms with Crippen LogP contribution in [0.15, 0.2) is 34.8 Å². The van der Waals surface area contributed by atoms with Crippen molar-refractivity contribution in [3.05, 3.63) is 57.0 Å². The Morgan fingerprint density at radius 1 is 1.30 bits per heavy atom. The summed E-state index contributed by atoms with van der Waals surface area (Å²) in [4.78, 5) is 12.0. The van der Waals surface area contributed by atoms with Gasteiger partial charge in [0.25, 0.3) is 5.91 Å². The Hall–Kier alpha value is -1.66. The van der Waals surface area contributed by atoms with Crippen LogP contribution in [0.25, 0.3) is 0 Å². The molecule has 0 bridgehead atoms. The Bertz CT molecular complexity index is 671. The molecule has 2 aromatic carbocycles. The number of nitrogens with two attached hydrogens (primary N) is 1. The number of carbonyl (C=O) groups excluding carboxylic acids is 1. The van der Waals surface area contributed by atoms with E-state index in [4.69, 9.17) is 17.3 Å². The van der Waals surface area contributed by atoms with Gasteiger partial charge in [0.05, 0.1) is 22.0 Å². The molecule has 0 saturated carbocycles. The molecule has 3 nitrogen and oxygen atoms in total. The zero-order valence-corrected chi connectivity index (χ0v) is 12.2. The van der Waals surface area contributed by atoms with Gasteiger partial charge >= 0.3 is 0 Å². The van der Waals surface area contributed by atoms with Gasteiger partial charge in [-0.15, -0.1) is 0 Å². The van der Waals surface area contributed by atoms with Gasteiger partial charge in [0.2, 0.25) is 0 Å². The highest BCUT2D eigenvalue weighted by Gasteiger charge is 2.16. The number of nitrogen functional groups attached to an aromatic ring is 1. The predicted molar refractivity (Wildman–Crippen MR) is 77.9 cm³/mol. The minimum absolute atomic E-state index is 0.0141. The van der Waals surface area contributed by atoms with Crippen LogP contribution in [0.5, 0.6) is 0 Å². The molecule has 0 radical (unpaired) electrons. The summed E-state index contributed by atoms with van der Waals surface area (Å²) >= 11 is 8.93. The number of benzene rings is 2. The average molecular weight is 362 g/mol. The van der Waals surface area contributed by atoms with E-state index in [1.165, 1.54) is 12.1 Å². The molecule has 1 amide bonds. The van der Waals surface area contributed by atoms with Crippen molar-refractivity contribution in [2.24, 2.45) is 0 Å². The Kier molecular flexibility index (Phi) is 4.25. The Morgan fingerprint density at radius 2 is 2.00 bits per heavy atom. The van der Waals surface area contributed by atoms with Crippen molar-refractivity contribution in [3.63, 3.8) is 0 Å². The minimum Gasteiger partial charge on any atom is -0.396 e. The summed E-state index contributed by atoms with van der Waals surface area (Å²) < 4.78 is 26.7. The summed E-state index contributed by atoms with van der Waals surface area (Å²) in [7, 11) is 0. The van der Waals surface area contributed by atoms with Crippen LogP contribution < -0.4 is 11.1 Å². The van der Waals surface area contributed by atoms with E-state index >= 15 is 0 Å². The molecular formula is C13H8BrClF2N2O. The standard InChI is InChI=1S/C13H8BrClF2N2O/c14-8-4-6(16)5-9(15)12(8)19-13(20)7-2-1-3-10(17)11(7)18/h1-5H,18H2,(H,19,20). The SMILES string of the molecule is Nc1c(F)cccc1C(=O)Nc1c(Cl)cc(F)cc1Br. The number of para-hydroxylation sites is 1. The third-order valence-corrected chi connectivity index (χ3v) is 3.47. The normalized spacial score (nSPS) is 10.4. The van der Waals surface area contributed by atoms with Crippen molar-refractivity contribution in [3.8, 4) is 0 Å². The monoisotopic (exact) mass is 360 g/mol. The molecule has 0 aromatic heterocycles. The van der Waals surface area contributed by atoms with Gasteiger partial charge in [-0.3, -0.25) is 4.79 Å². The molecule has 0 spiro atoms. The van der Waals surface area contributed by atoms with Crippen molar-refractivity contribution >= 4 is 44.8 Å². The minimum atomic E-state index is -0.693. The molecule has 0 atom stereocenters. The van der Waals surface area contributed by atoms with Crippen molar-refractivity contribution < 1.29 is 13.6 Å². The van der Waals surface area contributed by atoms with Crippen LogP contribution in [-0.4, -0.2) is 5.91 Å². The maximum atomic E-state index is 13.3. The number of anilines is 2. The molecule has 20 heavy (non-hydrogen) atoms. The number of amides is 1. The zero-order valence-electron chi connectivity index (χ0n) is 9.88. The first-order valence-electron chi connectivity index (χ1n) is 5.40. The van der Waals surface area contributed by atoms with Crippen LogP contribution in [0.1, 0.15) is 10.4 Å². The third kappa shape index (κ3) is 2.91. The fourth-order valence-corrected chi connectivity index (χ4v) is 2.48. The lowest BCUT2D eigenvalue weighted by atomic mass is 10.1. The summed E-state index contributed by atoms with van der Waals surface area (Å²) in [6.07, 6.45) is 0. The smallest absolute Gasteiger partial charge is 0.257 e. The summed E-state index contributed by atoms with van der Waals surface area (Å²) in [6.45, 7) is 0. The van der Waals surface area contributed by atoms with Gasteiger partial charge in [0.1, 0.15) is 11.6 Å². The van der Waals surface area contributed by atoms with Gasteiger partial charge in [-0.1, -0.05) is 17.7 Å². The number of halogens is 4. The largest absolute Gasteiger partial charge is 0.396 e. The summed E-state index contributed by atoms with van der Waals surface area (Å²) in [6, 6.07) is 6.08. The Balaban J connectivity index is 2.36. The van der Waals surface area contributed by atoms with Crippen molar-refractivity contribution in [1.82, 2.24) is 0 Å². The van der Waals surface area contributed by atoms with Gasteiger partial charge in [-0.25, -0.2) is 8.78 Å². The van der Waals surface area contributed by atoms with Crippen LogP contribution in [-0.2, 0) is 0 Å². The lowest BCUT2D eigenvalue weighted by Crippen LogP contribution is -2.15. The highest BCUT2D eigenvalue weighted by Crippen LogP contribution is 2.32. The molecule has 2 rings (SSSR count). The Labute approximate surface area is 126 Å². The van der Waals surface area contributed by atoms with Gasteiger partial charge in [0, 0.05) is 4.47 Å². The maximum Gasteiger partial charge on any atom is 0.257 e. The summed E-state index contributed by atoms with van der Waals surface area (Å²) in [5, 5.41) is 2.47. The molecule has 0 aliphatic rings. The molecule has 0 aliphatic carbocycles. The molecular weight excluding hydrogens is 354 g/mol. The molecule has 7 heteroatoms. The molecule has 0 heterocycles. The van der Waals surface area contributed by atoms with Gasteiger partial charge in [-0.05, 0) is 40.2 Å². The topological polar surface area (TPSA) is 55.1 Å². The first-order valence-corrected chi connectivity index (χ1v) is 6.57. The predicted octanol–water partition coefficient (Wildman–Crippen LogP) is 4.22. The van der Waals surface area contributed by atoms with E-state index in [2.05, 4.69) is 21.2 Å². The molecule has 0 fully saturated rings. The lowest BCUT2D eigenvalue weighted by Gasteiger charge is -2.11. The maximum absolute atomic E-state index is 13.3. The second-order valence-corrected chi connectivity index (χ2v) is 5.16. The van der Waals surface area contributed by atoms with Gasteiger partial charge in [0.15, 0.2) is 0 Å². The lowest BCUT2D eigenvalue weighted by molar-refractivity contribution is 0.102. The second kappa shape index (κ2) is 5.76. The first-order chi connectivity index (χ1) is 9.40. The van der Waals surface area contributed by atoms with E-state index in [0.29, 0.717) is 0 Å². The molecule has 0 saturated heterocycles. The summed E-state index contributed by atoms with van der Waals surface area (Å²) in [5.74, 6) is -1.89. The van der Waals surface area contributed by atoms with Gasteiger partial charge in [-0.2, -0.15) is 0 Å². The second-order valence-electron chi connectivity index (χ2n) is 3.90. The van der Waals surface area contributed by atoms with Crippen molar-refractivity contribution in [2.45, 2.75) is 0 Å². The number of hydrogen-bond acceptors (Lipinski definition) is 2. The molecule has 2 aromatic rings. The summed E-state index contributed by atoms with van der Waals surface area (Å²) in [5.41, 5.74) is 5.38. The van der Waals surface area contributed by atoms with Crippen LogP contribution in [0.3, 0.4) is 0 Å². The fourth-order valence-electron chi connectivity index (χ4n) is 1.58. The Morgan fingerprint density at radius 3 is 2.65 bits per heavy atom. The van der Waals surface area contributed by atoms with Gasteiger partial charge < -0.3 is 11.1 Å². The molecule has 0 unspecified atom stereocenters. The van der Waals surface area contributed by atoms with E-state index in [-0.39, 0.29) is 26.4 Å². The number of rotatable bonds is 2. The fraction of sp³-hybridized carbons (Fsp3) is 0. The molecule has 0 aliphatic heterocycles. The third-order valence-electron chi connectivity index (χ3n) is 2.54. The number of nitrogens with one attached hydrogen (secondary N) is 1. The number of hydrogen-bond donors (Lipinski definition) is 2. The first kappa shape index (κ1) is 14.7. The molecule has 3 N–H and O–H groups in total. The molecule has 104 valence electrons. The average Bonchev–Trinajstić information content (AvgIpc) is 2.36. The van der Waals surface area contributed by atoms with Crippen molar-refractivity contribution in [1.29, 1.82) is 0 Å². The van der Waals surface area contributed by atoms with Crippen molar-refractivity contribution in [2.75, 3.05) is 11.1 Å². The van der Waals surface area contributed by atoms with E-state index in [9.17, 15) is 13.6 Å². The highest BCUT2D eigenvalue weighted by molar-refractivity contribution is 9.10. The van der Waals surface area contributed by atoms with Crippen LogP contribution in [0, 0.1) is 11.6 Å². The van der Waals surface area contributed by atoms with E-state index in [1.807, 2.05) is 0 Å². The zero-order chi connectivity index (χ0) is 14.9. The van der Waals surface area contributed by atoms with E-state index in [1.54, 1.807) is 0 Å². The number of carbonyl (C=O) groups is 1. The highest BCUT2D eigenvalue weighted by atomic mass is 79.9. The van der Waals surface area contributed by atoms with Crippen LogP contribution >= 0.6 is 27.5 Å². The van der Waals surface area contributed by atoms with Crippen LogP contribution in [0.4, 0.5) is 20.2 Å². The van der Waals surface area contributed by atoms with E-state index in [0.717, 1.165) is 18.2 Å². The van der Waals surface area contributed by atoms with E-state index < -0.39 is 17.5 Å².